The molecule has 1 aromatic rings. The monoisotopic (exact) mass is 168 g/mol. The van der Waals surface area contributed by atoms with E-state index in [1.54, 1.807) is 0 Å². The molecule has 0 spiro atoms. The van der Waals surface area contributed by atoms with Gasteiger partial charge in [-0.1, -0.05) is 6.08 Å². The Bertz CT molecular complexity index is 288. The Balaban J connectivity index is 2.29. The second kappa shape index (κ2) is 4.48. The molecule has 0 fully saturated rings. The van der Waals surface area contributed by atoms with E-state index in [1.807, 2.05) is 6.08 Å². The van der Waals surface area contributed by atoms with Gasteiger partial charge in [0.15, 0.2) is 0 Å². The maximum absolute atomic E-state index is 10.8. The lowest BCUT2D eigenvalue weighted by Crippen LogP contribution is -2.17. The molecule has 1 heterocycles. The van der Waals surface area contributed by atoms with Crippen molar-refractivity contribution in [1.29, 1.82) is 0 Å². The zero-order chi connectivity index (χ0) is 8.81. The smallest absolute Gasteiger partial charge is 0.245 e. The minimum absolute atomic E-state index is 0.242. The second-order valence-electron chi connectivity index (χ2n) is 2.51. The van der Waals surface area contributed by atoms with Gasteiger partial charge in [0.25, 0.3) is 0 Å². The topological polar surface area (TPSA) is 63.6 Å². The van der Waals surface area contributed by atoms with Gasteiger partial charge in [0.05, 0.1) is 0 Å². The number of aromatic nitrogens is 4. The van der Waals surface area contributed by atoms with Crippen LogP contribution in [0.2, 0.25) is 0 Å². The van der Waals surface area contributed by atoms with Crippen molar-refractivity contribution < 1.29 is 0 Å². The number of rotatable bonds is 5. The summed E-state index contributed by atoms with van der Waals surface area (Å²) in [5.74, 6) is 0. The quantitative estimate of drug-likeness (QED) is 0.508. The molecule has 0 saturated carbocycles. The summed E-state index contributed by atoms with van der Waals surface area (Å²) in [5.41, 5.74) is -0.242. The van der Waals surface area contributed by atoms with E-state index >= 15 is 0 Å². The van der Waals surface area contributed by atoms with Crippen LogP contribution in [0.15, 0.2) is 17.4 Å². The van der Waals surface area contributed by atoms with Crippen molar-refractivity contribution in [2.75, 3.05) is 0 Å². The third-order valence-electron chi connectivity index (χ3n) is 1.56. The molecular formula is C7H12N4O. The van der Waals surface area contributed by atoms with Crippen molar-refractivity contribution in [2.45, 2.75) is 25.8 Å². The molecular weight excluding hydrogens is 156 g/mol. The number of unbranched alkanes of at least 4 members (excludes halogenated alkanes) is 2. The minimum atomic E-state index is -0.242. The maximum atomic E-state index is 10.8. The van der Waals surface area contributed by atoms with Crippen LogP contribution in [0, 0.1) is 0 Å². The summed E-state index contributed by atoms with van der Waals surface area (Å²) in [5, 5.41) is 9.20. The highest BCUT2D eigenvalue weighted by Crippen LogP contribution is 1.95. The molecule has 1 aromatic heterocycles. The Labute approximate surface area is 70.1 Å². The lowest BCUT2D eigenvalue weighted by molar-refractivity contribution is 0.531. The van der Waals surface area contributed by atoms with Gasteiger partial charge in [-0.05, 0) is 29.7 Å². The third-order valence-corrected chi connectivity index (χ3v) is 1.56. The fourth-order valence-corrected chi connectivity index (χ4v) is 0.914. The molecule has 0 aliphatic heterocycles. The van der Waals surface area contributed by atoms with Crippen LogP contribution in [-0.2, 0) is 6.54 Å². The number of hydrogen-bond donors (Lipinski definition) is 1. The van der Waals surface area contributed by atoms with Gasteiger partial charge in [-0.3, -0.25) is 0 Å². The van der Waals surface area contributed by atoms with E-state index in [-0.39, 0.29) is 5.69 Å². The Morgan fingerprint density at radius 2 is 2.42 bits per heavy atom. The van der Waals surface area contributed by atoms with Crippen molar-refractivity contribution in [2.24, 2.45) is 0 Å². The van der Waals surface area contributed by atoms with Crippen LogP contribution in [0.4, 0.5) is 0 Å². The number of nitrogens with one attached hydrogen (secondary N) is 1. The fraction of sp³-hybridized carbons (Fsp3) is 0.571. The van der Waals surface area contributed by atoms with E-state index in [0.717, 1.165) is 19.3 Å². The number of hydrogen-bond acceptors (Lipinski definition) is 3. The molecule has 0 saturated heterocycles. The second-order valence-corrected chi connectivity index (χ2v) is 2.51. The van der Waals surface area contributed by atoms with E-state index in [9.17, 15) is 4.79 Å². The number of H-pyrrole nitrogens is 1. The Morgan fingerprint density at radius 1 is 1.58 bits per heavy atom. The summed E-state index contributed by atoms with van der Waals surface area (Å²) in [6.45, 7) is 4.24. The number of allylic oxidation sites excluding steroid dienone is 1. The van der Waals surface area contributed by atoms with Crippen LogP contribution in [0.1, 0.15) is 19.3 Å². The van der Waals surface area contributed by atoms with Crippen LogP contribution >= 0.6 is 0 Å². The first-order valence-corrected chi connectivity index (χ1v) is 3.93. The molecule has 1 rings (SSSR count). The lowest BCUT2D eigenvalue weighted by Gasteiger charge is -1.95. The summed E-state index contributed by atoms with van der Waals surface area (Å²) < 4.78 is 1.32. The zero-order valence-electron chi connectivity index (χ0n) is 6.86. The van der Waals surface area contributed by atoms with Crippen molar-refractivity contribution in [3.05, 3.63) is 23.1 Å². The van der Waals surface area contributed by atoms with E-state index in [1.165, 1.54) is 4.68 Å². The third kappa shape index (κ3) is 2.34. The van der Waals surface area contributed by atoms with Crippen molar-refractivity contribution in [1.82, 2.24) is 20.2 Å². The summed E-state index contributed by atoms with van der Waals surface area (Å²) in [4.78, 5) is 10.8. The highest BCUT2D eigenvalue weighted by molar-refractivity contribution is 4.65. The summed E-state index contributed by atoms with van der Waals surface area (Å²) >= 11 is 0. The van der Waals surface area contributed by atoms with Crippen LogP contribution in [0.5, 0.6) is 0 Å². The van der Waals surface area contributed by atoms with Crippen LogP contribution in [-0.4, -0.2) is 20.2 Å². The number of nitrogens with zero attached hydrogens (tertiary/aromatic N) is 3. The molecule has 66 valence electrons. The molecule has 0 aromatic carbocycles. The molecule has 5 heteroatoms. The van der Waals surface area contributed by atoms with Gasteiger partial charge in [-0.2, -0.15) is 4.68 Å². The molecule has 5 nitrogen and oxygen atoms in total. The van der Waals surface area contributed by atoms with E-state index in [4.69, 9.17) is 0 Å². The van der Waals surface area contributed by atoms with Gasteiger partial charge in [-0.15, -0.1) is 6.58 Å². The fourth-order valence-electron chi connectivity index (χ4n) is 0.914. The van der Waals surface area contributed by atoms with Gasteiger partial charge in [-0.25, -0.2) is 9.89 Å². The zero-order valence-corrected chi connectivity index (χ0v) is 6.86. The van der Waals surface area contributed by atoms with E-state index < -0.39 is 0 Å². The van der Waals surface area contributed by atoms with Crippen LogP contribution in [0.25, 0.3) is 0 Å². The SMILES string of the molecule is C=CCCCCn1nn[nH]c1=O. The molecule has 0 aliphatic rings. The summed E-state index contributed by atoms with van der Waals surface area (Å²) in [6, 6.07) is 0. The van der Waals surface area contributed by atoms with Gasteiger partial charge in [0.2, 0.25) is 0 Å². The minimum Gasteiger partial charge on any atom is -0.245 e. The van der Waals surface area contributed by atoms with Gasteiger partial charge >= 0.3 is 5.69 Å². The molecule has 0 radical (unpaired) electrons. The first-order chi connectivity index (χ1) is 5.84. The number of aryl methyl sites for hydroxylation is 1. The highest BCUT2D eigenvalue weighted by atomic mass is 16.2. The van der Waals surface area contributed by atoms with Crippen molar-refractivity contribution in [3.63, 3.8) is 0 Å². The average Bonchev–Trinajstić information content (AvgIpc) is 2.46. The first-order valence-electron chi connectivity index (χ1n) is 3.93. The van der Waals surface area contributed by atoms with Crippen molar-refractivity contribution in [3.8, 4) is 0 Å². The highest BCUT2D eigenvalue weighted by Gasteiger charge is 1.96. The van der Waals surface area contributed by atoms with Crippen molar-refractivity contribution >= 4 is 0 Å². The Morgan fingerprint density at radius 3 is 3.00 bits per heavy atom. The molecule has 1 N–H and O–H groups in total. The summed E-state index contributed by atoms with van der Waals surface area (Å²) in [7, 11) is 0. The lowest BCUT2D eigenvalue weighted by atomic mass is 10.2. The van der Waals surface area contributed by atoms with Gasteiger partial charge in [0.1, 0.15) is 0 Å². The van der Waals surface area contributed by atoms with Crippen LogP contribution < -0.4 is 5.69 Å². The molecule has 0 bridgehead atoms. The molecule has 0 unspecified atom stereocenters. The molecule has 12 heavy (non-hydrogen) atoms. The first kappa shape index (κ1) is 8.70. The van der Waals surface area contributed by atoms with E-state index in [2.05, 4.69) is 22.1 Å². The van der Waals surface area contributed by atoms with Crippen LogP contribution in [0.3, 0.4) is 0 Å². The average molecular weight is 168 g/mol. The maximum Gasteiger partial charge on any atom is 0.361 e. The standard InChI is InChI=1S/C7H12N4O/c1-2-3-4-5-6-11-7(12)8-9-10-11/h2H,1,3-6H2,(H,8,10,12). The number of tetrazole rings is 1. The normalized spacial score (nSPS) is 10.0. The molecule has 0 amide bonds. The summed E-state index contributed by atoms with van der Waals surface area (Å²) in [6.07, 6.45) is 4.80. The predicted octanol–water partition coefficient (Wildman–Crippen LogP) is 0.323. The Hall–Kier alpha value is -1.39. The molecule has 0 atom stereocenters. The number of aromatic amines is 1. The van der Waals surface area contributed by atoms with Gasteiger partial charge < -0.3 is 0 Å². The Kier molecular flexibility index (Phi) is 3.25. The van der Waals surface area contributed by atoms with E-state index in [0.29, 0.717) is 6.54 Å². The molecule has 0 aliphatic carbocycles. The predicted molar refractivity (Wildman–Crippen MR) is 44.7 cm³/mol. The largest absolute Gasteiger partial charge is 0.361 e. The van der Waals surface area contributed by atoms with Gasteiger partial charge in [0, 0.05) is 6.54 Å².